The van der Waals surface area contributed by atoms with Gasteiger partial charge in [0.05, 0.1) is 0 Å². The van der Waals surface area contributed by atoms with Crippen LogP contribution >= 0.6 is 0 Å². The summed E-state index contributed by atoms with van der Waals surface area (Å²) in [6.45, 7) is 6.59. The summed E-state index contributed by atoms with van der Waals surface area (Å²) < 4.78 is 0. The molecule has 0 radical (unpaired) electrons. The van der Waals surface area contributed by atoms with E-state index in [2.05, 4.69) is 36.8 Å². The van der Waals surface area contributed by atoms with Crippen molar-refractivity contribution in [2.75, 3.05) is 0 Å². The molecule has 0 aliphatic rings. The zero-order valence-corrected chi connectivity index (χ0v) is 18.7. The van der Waals surface area contributed by atoms with Gasteiger partial charge in [-0.3, -0.25) is 0 Å². The van der Waals surface area contributed by atoms with Crippen LogP contribution in [0.4, 0.5) is 0 Å². The molecule has 0 spiro atoms. The molecule has 0 aliphatic carbocycles. The van der Waals surface area contributed by atoms with Crippen molar-refractivity contribution in [3.63, 3.8) is 0 Å². The second-order valence-electron chi connectivity index (χ2n) is 8.14. The molecule has 1 aromatic carbocycles. The Labute approximate surface area is 181 Å². The molecule has 1 N–H and O–H groups in total. The summed E-state index contributed by atoms with van der Waals surface area (Å²) in [5, 5.41) is 8.97. The number of aliphatic carboxylic acids is 1. The Balaban J connectivity index is 2.10. The third-order valence-corrected chi connectivity index (χ3v) is 5.53. The minimum absolute atomic E-state index is 0.343. The summed E-state index contributed by atoms with van der Waals surface area (Å²) in [6.07, 6.45) is 17.7. The average molecular weight is 409 g/mol. The smallest absolute Gasteiger partial charge is 0.328 e. The maximum atomic E-state index is 10.9. The fourth-order valence-corrected chi connectivity index (χ4v) is 3.78. The highest BCUT2D eigenvalue weighted by Crippen LogP contribution is 2.29. The van der Waals surface area contributed by atoms with Crippen molar-refractivity contribution in [2.45, 2.75) is 84.5 Å². The lowest BCUT2D eigenvalue weighted by molar-refractivity contribution is -0.131. The van der Waals surface area contributed by atoms with Gasteiger partial charge in [0.2, 0.25) is 0 Å². The highest BCUT2D eigenvalue weighted by molar-refractivity contribution is 5.85. The van der Waals surface area contributed by atoms with Gasteiger partial charge in [-0.25, -0.2) is 14.8 Å². The first-order valence-corrected chi connectivity index (χ1v) is 11.4. The van der Waals surface area contributed by atoms with Crippen molar-refractivity contribution in [2.24, 2.45) is 0 Å². The number of aryl methyl sites for hydroxylation is 1. The minimum atomic E-state index is -0.933. The molecule has 30 heavy (non-hydrogen) atoms. The zero-order valence-electron chi connectivity index (χ0n) is 18.7. The van der Waals surface area contributed by atoms with Gasteiger partial charge in [-0.2, -0.15) is 0 Å². The number of unbranched alkanes of at least 4 members (excludes halogenated alkanes) is 5. The second-order valence-corrected chi connectivity index (χ2v) is 8.14. The van der Waals surface area contributed by atoms with Crippen molar-refractivity contribution in [3.8, 4) is 11.4 Å². The van der Waals surface area contributed by atoms with Gasteiger partial charge in [0.25, 0.3) is 0 Å². The van der Waals surface area contributed by atoms with Crippen molar-refractivity contribution >= 4 is 12.0 Å². The van der Waals surface area contributed by atoms with Gasteiger partial charge in [-0.15, -0.1) is 0 Å². The molecule has 0 bridgehead atoms. The summed E-state index contributed by atoms with van der Waals surface area (Å²) in [5.74, 6) is 0.133. The number of nitrogens with zero attached hydrogens (tertiary/aromatic N) is 2. The van der Waals surface area contributed by atoms with E-state index in [1.807, 2.05) is 24.5 Å². The first kappa shape index (κ1) is 23.8. The number of carboxylic acids is 1. The van der Waals surface area contributed by atoms with Gasteiger partial charge in [0.15, 0.2) is 5.82 Å². The van der Waals surface area contributed by atoms with Crippen LogP contribution in [0.25, 0.3) is 17.5 Å². The molecule has 2 rings (SSSR count). The predicted octanol–water partition coefficient (Wildman–Crippen LogP) is 7.05. The van der Waals surface area contributed by atoms with Crippen molar-refractivity contribution in [3.05, 3.63) is 53.4 Å². The van der Waals surface area contributed by atoms with Crippen LogP contribution in [-0.2, 0) is 11.2 Å². The van der Waals surface area contributed by atoms with Crippen LogP contribution < -0.4 is 0 Å². The number of carbonyl (C=O) groups is 1. The fourth-order valence-electron chi connectivity index (χ4n) is 3.78. The lowest BCUT2D eigenvalue weighted by Crippen LogP contribution is -1.99. The molecule has 0 saturated heterocycles. The van der Waals surface area contributed by atoms with Crippen LogP contribution in [-0.4, -0.2) is 21.0 Å². The Bertz CT molecular complexity index is 812. The molecule has 4 nitrogen and oxygen atoms in total. The molecule has 0 saturated carbocycles. The summed E-state index contributed by atoms with van der Waals surface area (Å²) >= 11 is 0. The van der Waals surface area contributed by atoms with Gasteiger partial charge in [0.1, 0.15) is 0 Å². The maximum Gasteiger partial charge on any atom is 0.328 e. The molecule has 1 aromatic heterocycles. The molecular weight excluding hydrogens is 372 g/mol. The fraction of sp³-hybridized carbons (Fsp3) is 0.500. The van der Waals surface area contributed by atoms with Crippen LogP contribution in [0.2, 0.25) is 0 Å². The summed E-state index contributed by atoms with van der Waals surface area (Å²) in [5.41, 5.74) is 4.26. The van der Waals surface area contributed by atoms with Crippen molar-refractivity contribution < 1.29 is 9.90 Å². The summed E-state index contributed by atoms with van der Waals surface area (Å²) in [4.78, 5) is 20.1. The van der Waals surface area contributed by atoms with Crippen LogP contribution in [0.3, 0.4) is 0 Å². The molecule has 1 atom stereocenters. The maximum absolute atomic E-state index is 10.9. The van der Waals surface area contributed by atoms with E-state index in [0.29, 0.717) is 5.92 Å². The van der Waals surface area contributed by atoms with Gasteiger partial charge in [-0.05, 0) is 54.0 Å². The Morgan fingerprint density at radius 3 is 2.40 bits per heavy atom. The van der Waals surface area contributed by atoms with Gasteiger partial charge in [-0.1, -0.05) is 71.4 Å². The van der Waals surface area contributed by atoms with E-state index in [9.17, 15) is 4.79 Å². The number of benzene rings is 1. The SMILES string of the molecule is CCCCCCCCc1cnc(-c2ccc(/C=C/C(=O)O)c(C(C)CCC)c2)nc1. The zero-order chi connectivity index (χ0) is 21.8. The molecular formula is C26H36N2O2. The molecule has 0 aliphatic heterocycles. The first-order valence-electron chi connectivity index (χ1n) is 11.4. The van der Waals surface area contributed by atoms with E-state index >= 15 is 0 Å². The molecule has 1 unspecified atom stereocenters. The molecule has 0 amide bonds. The molecule has 2 aromatic rings. The standard InChI is InChI=1S/C26H36N2O2/c1-4-6-7-8-9-10-12-21-18-27-26(28-19-21)23-14-13-22(15-16-25(29)30)24(17-23)20(3)11-5-2/h13-20H,4-12H2,1-3H3,(H,29,30)/b16-15+. The molecule has 1 heterocycles. The average Bonchev–Trinajstić information content (AvgIpc) is 2.75. The van der Waals surface area contributed by atoms with Gasteiger partial charge < -0.3 is 5.11 Å². The van der Waals surface area contributed by atoms with E-state index < -0.39 is 5.97 Å². The largest absolute Gasteiger partial charge is 0.478 e. The van der Waals surface area contributed by atoms with E-state index in [-0.39, 0.29) is 0 Å². The van der Waals surface area contributed by atoms with Crippen LogP contribution in [0.5, 0.6) is 0 Å². The number of carboxylic acid groups (broad SMARTS) is 1. The number of hydrogen-bond acceptors (Lipinski definition) is 3. The van der Waals surface area contributed by atoms with Crippen molar-refractivity contribution in [1.29, 1.82) is 0 Å². The quantitative estimate of drug-likeness (QED) is 0.285. The van der Waals surface area contributed by atoms with Gasteiger partial charge >= 0.3 is 5.97 Å². The summed E-state index contributed by atoms with van der Waals surface area (Å²) in [6, 6.07) is 6.07. The molecule has 162 valence electrons. The van der Waals surface area contributed by atoms with E-state index in [4.69, 9.17) is 5.11 Å². The van der Waals surface area contributed by atoms with E-state index in [1.54, 1.807) is 6.08 Å². The minimum Gasteiger partial charge on any atom is -0.478 e. The topological polar surface area (TPSA) is 63.1 Å². The Kier molecular flexibility index (Phi) is 10.3. The second kappa shape index (κ2) is 12.9. The highest BCUT2D eigenvalue weighted by atomic mass is 16.4. The third kappa shape index (κ3) is 7.74. The van der Waals surface area contributed by atoms with E-state index in [1.165, 1.54) is 50.2 Å². The number of aromatic nitrogens is 2. The van der Waals surface area contributed by atoms with Crippen LogP contribution in [0.1, 0.15) is 94.7 Å². The molecule has 4 heteroatoms. The highest BCUT2D eigenvalue weighted by Gasteiger charge is 2.12. The summed E-state index contributed by atoms with van der Waals surface area (Å²) in [7, 11) is 0. The van der Waals surface area contributed by atoms with Gasteiger partial charge in [0, 0.05) is 24.0 Å². The normalized spacial score (nSPS) is 12.4. The van der Waals surface area contributed by atoms with E-state index in [0.717, 1.165) is 41.8 Å². The monoisotopic (exact) mass is 408 g/mol. The lowest BCUT2D eigenvalue weighted by atomic mass is 9.90. The van der Waals surface area contributed by atoms with Crippen LogP contribution in [0, 0.1) is 0 Å². The molecule has 0 fully saturated rings. The predicted molar refractivity (Wildman–Crippen MR) is 125 cm³/mol. The number of hydrogen-bond donors (Lipinski definition) is 1. The Hall–Kier alpha value is -2.49. The Morgan fingerprint density at radius 2 is 1.73 bits per heavy atom. The first-order chi connectivity index (χ1) is 14.5. The van der Waals surface area contributed by atoms with Crippen LogP contribution in [0.15, 0.2) is 36.7 Å². The Morgan fingerprint density at radius 1 is 1.03 bits per heavy atom. The number of rotatable bonds is 13. The lowest BCUT2D eigenvalue weighted by Gasteiger charge is -2.15. The van der Waals surface area contributed by atoms with Crippen molar-refractivity contribution in [1.82, 2.24) is 9.97 Å². The third-order valence-electron chi connectivity index (χ3n) is 5.53.